The number of anilines is 6. The molecule has 1 aromatic heterocycles. The van der Waals surface area contributed by atoms with Crippen LogP contribution in [0.3, 0.4) is 0 Å². The molecule has 0 radical (unpaired) electrons. The number of fused-ring (bicyclic) bond motifs is 7. The molecule has 2 aliphatic heterocycles. The Bertz CT molecular complexity index is 5030. The minimum atomic E-state index is -0.495. The summed E-state index contributed by atoms with van der Waals surface area (Å²) in [4.78, 5) is 4.91. The van der Waals surface area contributed by atoms with Crippen LogP contribution < -0.4 is 26.2 Å². The van der Waals surface area contributed by atoms with E-state index in [-0.39, 0.29) is 46.0 Å². The van der Waals surface area contributed by atoms with Crippen molar-refractivity contribution >= 4 is 79.0 Å². The van der Waals surface area contributed by atoms with Gasteiger partial charge in [-0.2, -0.15) is 0 Å². The van der Waals surface area contributed by atoms with Gasteiger partial charge < -0.3 is 14.4 Å². The van der Waals surface area contributed by atoms with Gasteiger partial charge in [0, 0.05) is 61.5 Å². The zero-order valence-electron chi connectivity index (χ0n) is 52.3. The number of nitrogens with zero attached hydrogens (tertiary/aromatic N) is 3. The topological polar surface area (TPSA) is 11.4 Å². The van der Waals surface area contributed by atoms with Gasteiger partial charge in [-0.05, 0) is 103 Å². The molecule has 0 bridgehead atoms. The van der Waals surface area contributed by atoms with E-state index in [9.17, 15) is 5.48 Å². The number of rotatable bonds is 9. The van der Waals surface area contributed by atoms with Gasteiger partial charge in [-0.25, -0.2) is 0 Å². The summed E-state index contributed by atoms with van der Waals surface area (Å²) in [5.41, 5.74) is 21.2. The molecule has 2 aliphatic rings. The number of benzene rings is 13. The molecule has 3 heterocycles. The second-order valence-corrected chi connectivity index (χ2v) is 20.9. The van der Waals surface area contributed by atoms with Crippen molar-refractivity contribution in [2.45, 2.75) is 0 Å². The third-order valence-electron chi connectivity index (χ3n) is 16.4. The normalized spacial score (nSPS) is 13.7. The number of hydrogen-bond donors (Lipinski definition) is 0. The van der Waals surface area contributed by atoms with Crippen molar-refractivity contribution < 1.29 is 11.0 Å². The molecule has 0 amide bonds. The SMILES string of the molecule is [2H]c1c([2H])c([2H])c2c(c1[2H])c1c([2H])c([2H])c([2H])c([2H])c1n2-c1ccc2c(c1)N(c1c(-c3ccccc3)cccc1-c1ccccc1)c1cc(-c3ccccc3)cc3c1B2c1cc(-c2ccccc2)ccc1N3c1c(-c2ccccc2)cccc1-c1ccccc1. The molecule has 0 N–H and O–H groups in total. The van der Waals surface area contributed by atoms with Gasteiger partial charge in [0.1, 0.15) is 0 Å². The van der Waals surface area contributed by atoms with E-state index in [0.29, 0.717) is 5.69 Å². The highest BCUT2D eigenvalue weighted by atomic mass is 15.2. The summed E-state index contributed by atoms with van der Waals surface area (Å²) >= 11 is 0. The molecule has 0 spiro atoms. The Morgan fingerprint density at radius 1 is 0.280 bits per heavy atom. The second-order valence-electron chi connectivity index (χ2n) is 20.9. The van der Waals surface area contributed by atoms with E-state index in [4.69, 9.17) is 5.48 Å². The highest BCUT2D eigenvalue weighted by Gasteiger charge is 2.45. The van der Waals surface area contributed by atoms with Gasteiger partial charge in [0.2, 0.25) is 0 Å². The Morgan fingerprint density at radius 3 is 1.13 bits per heavy atom. The standard InChI is InChI=1S/C78H52BN3/c1-7-25-53(26-8-1)59-45-48-72-69(49-59)79-68-47-46-61(80-70-43-21-19-37-66(70)67-38-20-22-44-71(67)80)52-73(68)82(78-64(57-33-15-5-16-34-57)41-24-42-65(78)58-35-17-6-18-36-58)75-51-60(54-27-9-2-10-28-54)50-74(76(75)79)81(72)77-62(55-29-11-3-12-30-55)39-23-40-63(77)56-31-13-4-14-32-56/h1-52H/i19D,20D,21D,22D,37D,38D,43D,44D. The molecule has 4 heteroatoms. The highest BCUT2D eigenvalue weighted by Crippen LogP contribution is 2.54. The third kappa shape index (κ3) is 7.68. The van der Waals surface area contributed by atoms with Crippen LogP contribution in [-0.4, -0.2) is 11.3 Å². The van der Waals surface area contributed by atoms with E-state index in [1.165, 1.54) is 0 Å². The van der Waals surface area contributed by atoms with Gasteiger partial charge in [0.25, 0.3) is 6.71 Å². The lowest BCUT2D eigenvalue weighted by Crippen LogP contribution is -2.61. The van der Waals surface area contributed by atoms with E-state index in [0.717, 1.165) is 117 Å². The average molecular weight is 1050 g/mol. The molecular weight excluding hydrogens is 990 g/mol. The van der Waals surface area contributed by atoms with Crippen molar-refractivity contribution in [1.82, 2.24) is 4.57 Å². The molecule has 14 aromatic rings. The minimum absolute atomic E-state index is 0.0150. The lowest BCUT2D eigenvalue weighted by Gasteiger charge is -2.46. The van der Waals surface area contributed by atoms with Crippen LogP contribution in [0.25, 0.3) is 94.3 Å². The first-order valence-corrected chi connectivity index (χ1v) is 27.7. The van der Waals surface area contributed by atoms with E-state index < -0.39 is 30.9 Å². The fraction of sp³-hybridized carbons (Fsp3) is 0. The molecule has 0 unspecified atom stereocenters. The van der Waals surface area contributed by atoms with E-state index >= 15 is 0 Å². The Balaban J connectivity index is 1.11. The van der Waals surface area contributed by atoms with Crippen LogP contribution in [0.5, 0.6) is 0 Å². The van der Waals surface area contributed by atoms with Crippen molar-refractivity contribution in [2.75, 3.05) is 9.80 Å². The second kappa shape index (κ2) is 19.6. The molecule has 16 rings (SSSR count). The van der Waals surface area contributed by atoms with Gasteiger partial charge in [0.05, 0.1) is 33.4 Å². The molecule has 0 aliphatic carbocycles. The largest absolute Gasteiger partial charge is 0.310 e. The van der Waals surface area contributed by atoms with E-state index in [1.807, 2.05) is 30.3 Å². The van der Waals surface area contributed by atoms with Gasteiger partial charge in [-0.3, -0.25) is 0 Å². The molecule has 0 saturated carbocycles. The fourth-order valence-corrected chi connectivity index (χ4v) is 12.9. The Kier molecular flexibility index (Phi) is 9.48. The molecule has 0 saturated heterocycles. The lowest BCUT2D eigenvalue weighted by molar-refractivity contribution is 1.17. The predicted octanol–water partition coefficient (Wildman–Crippen LogP) is 18.9. The summed E-state index contributed by atoms with van der Waals surface area (Å²) < 4.78 is 75.9. The van der Waals surface area contributed by atoms with Gasteiger partial charge >= 0.3 is 0 Å². The van der Waals surface area contributed by atoms with Crippen LogP contribution in [-0.2, 0) is 0 Å². The molecule has 382 valence electrons. The summed E-state index contributed by atoms with van der Waals surface area (Å²) in [6, 6.07) is 90.4. The van der Waals surface area contributed by atoms with Crippen molar-refractivity contribution in [3.8, 4) is 72.4 Å². The fourth-order valence-electron chi connectivity index (χ4n) is 12.9. The first-order chi connectivity index (χ1) is 44.0. The van der Waals surface area contributed by atoms with Crippen LogP contribution in [0.2, 0.25) is 0 Å². The summed E-state index contributed by atoms with van der Waals surface area (Å²) in [5, 5.41) is 0.0301. The average Bonchev–Trinajstić information content (AvgIpc) is 0.961. The minimum Gasteiger partial charge on any atom is -0.310 e. The Hall–Kier alpha value is -10.7. The zero-order chi connectivity index (χ0) is 61.1. The van der Waals surface area contributed by atoms with E-state index in [1.54, 1.807) is 4.57 Å². The van der Waals surface area contributed by atoms with Gasteiger partial charge in [0.15, 0.2) is 0 Å². The molecular formula is C78H52BN3. The summed E-state index contributed by atoms with van der Waals surface area (Å²) in [6.45, 7) is -0.448. The quantitative estimate of drug-likeness (QED) is 0.134. The summed E-state index contributed by atoms with van der Waals surface area (Å²) in [6.07, 6.45) is 0. The number of aromatic nitrogens is 1. The maximum absolute atomic E-state index is 9.66. The maximum Gasteiger partial charge on any atom is 0.252 e. The highest BCUT2D eigenvalue weighted by molar-refractivity contribution is 7.00. The van der Waals surface area contributed by atoms with Gasteiger partial charge in [-0.1, -0.05) is 273 Å². The molecule has 0 atom stereocenters. The summed E-state index contributed by atoms with van der Waals surface area (Å²) in [7, 11) is 0. The number of para-hydroxylation sites is 4. The van der Waals surface area contributed by atoms with Crippen LogP contribution in [0.4, 0.5) is 34.1 Å². The van der Waals surface area contributed by atoms with Crippen LogP contribution in [0.1, 0.15) is 11.0 Å². The van der Waals surface area contributed by atoms with Crippen molar-refractivity contribution in [2.24, 2.45) is 0 Å². The lowest BCUT2D eigenvalue weighted by atomic mass is 9.33. The van der Waals surface area contributed by atoms with Crippen molar-refractivity contribution in [1.29, 1.82) is 0 Å². The molecule has 13 aromatic carbocycles. The summed E-state index contributed by atoms with van der Waals surface area (Å²) in [5.74, 6) is 0. The smallest absolute Gasteiger partial charge is 0.252 e. The monoisotopic (exact) mass is 1050 g/mol. The zero-order valence-corrected chi connectivity index (χ0v) is 44.3. The molecule has 0 fully saturated rings. The van der Waals surface area contributed by atoms with Crippen molar-refractivity contribution in [3.63, 3.8) is 0 Å². The van der Waals surface area contributed by atoms with Crippen molar-refractivity contribution in [3.05, 3.63) is 315 Å². The third-order valence-corrected chi connectivity index (χ3v) is 16.4. The van der Waals surface area contributed by atoms with Crippen LogP contribution in [0, 0.1) is 0 Å². The van der Waals surface area contributed by atoms with Crippen LogP contribution >= 0.6 is 0 Å². The Labute approximate surface area is 489 Å². The first kappa shape index (κ1) is 39.6. The van der Waals surface area contributed by atoms with Crippen LogP contribution in [0.15, 0.2) is 315 Å². The number of hydrogen-bond acceptors (Lipinski definition) is 2. The van der Waals surface area contributed by atoms with E-state index in [2.05, 4.69) is 246 Å². The molecule has 3 nitrogen and oxygen atoms in total. The first-order valence-electron chi connectivity index (χ1n) is 31.7. The molecule has 82 heavy (non-hydrogen) atoms. The van der Waals surface area contributed by atoms with Gasteiger partial charge in [-0.15, -0.1) is 0 Å². The predicted molar refractivity (Wildman–Crippen MR) is 347 cm³/mol. The maximum atomic E-state index is 9.66. The Morgan fingerprint density at radius 2 is 0.683 bits per heavy atom.